The number of hydrogen-bond acceptors (Lipinski definition) is 1. The molecule has 1 atom stereocenters. The highest BCUT2D eigenvalue weighted by Crippen LogP contribution is 1.80. The second kappa shape index (κ2) is 2.18. The van der Waals surface area contributed by atoms with Crippen LogP contribution in [0.15, 0.2) is 0 Å². The van der Waals surface area contributed by atoms with Gasteiger partial charge in [0.05, 0.1) is 0 Å². The van der Waals surface area contributed by atoms with Gasteiger partial charge in [-0.15, -0.1) is 0 Å². The van der Waals surface area contributed by atoms with Crippen molar-refractivity contribution in [2.24, 2.45) is 0 Å². The fourth-order valence-corrected chi connectivity index (χ4v) is 0. The fourth-order valence-electron chi connectivity index (χ4n) is 0. The lowest BCUT2D eigenvalue weighted by Gasteiger charge is -1.67. The Morgan fingerprint density at radius 2 is 2.00 bits per heavy atom. The van der Waals surface area contributed by atoms with Crippen LogP contribution in [0.4, 0.5) is 0 Å². The van der Waals surface area contributed by atoms with Crippen molar-refractivity contribution in [2.75, 3.05) is 0 Å². The minimum Gasteiger partial charge on any atom is -0.512 e. The summed E-state index contributed by atoms with van der Waals surface area (Å²) in [5.41, 5.74) is 0. The first-order chi connectivity index (χ1) is 1.73. The van der Waals surface area contributed by atoms with Crippen molar-refractivity contribution in [3.8, 4) is 0 Å². The fraction of sp³-hybridized carbons (Fsp3) is 1.00. The maximum absolute atomic E-state index is 8.16. The molecule has 0 aliphatic carbocycles. The topological polar surface area (TPSA) is 20.2 Å². The molecule has 24 valence electrons. The van der Waals surface area contributed by atoms with Crippen LogP contribution >= 0.6 is 7.89 Å². The SMILES string of the molecule is [CH3][Al]([OH])[PH2]. The maximum atomic E-state index is 8.16. The molecule has 1 N–H and O–H groups in total. The van der Waals surface area contributed by atoms with E-state index in [0.29, 0.717) is 0 Å². The largest absolute Gasteiger partial charge is 0.512 e. The predicted octanol–water partition coefficient (Wildman–Crippen LogP) is -0.0282. The molecule has 0 fully saturated rings. The van der Waals surface area contributed by atoms with Crippen LogP contribution in [-0.2, 0) is 0 Å². The van der Waals surface area contributed by atoms with E-state index in [9.17, 15) is 0 Å². The van der Waals surface area contributed by atoms with Crippen molar-refractivity contribution in [3.63, 3.8) is 0 Å². The zero-order chi connectivity index (χ0) is 3.58. The Labute approximate surface area is 32.5 Å². The van der Waals surface area contributed by atoms with Gasteiger partial charge in [-0.2, -0.15) is 7.89 Å². The molecule has 4 heavy (non-hydrogen) atoms. The molecule has 0 bridgehead atoms. The summed E-state index contributed by atoms with van der Waals surface area (Å²) in [4.78, 5) is 0. The lowest BCUT2D eigenvalue weighted by Crippen LogP contribution is -1.86. The second-order valence-electron chi connectivity index (χ2n) is 0.741. The summed E-state index contributed by atoms with van der Waals surface area (Å²) in [5, 5.41) is 0. The first kappa shape index (κ1) is 4.92. The van der Waals surface area contributed by atoms with Crippen LogP contribution in [0.5, 0.6) is 0 Å². The standard InChI is InChI=1S/CH3.Al.H2O.H2P/h1H3;;2*1H2/q;+2;;-1/p-1. The summed E-state index contributed by atoms with van der Waals surface area (Å²) in [7, 11) is 2.35. The van der Waals surface area contributed by atoms with Crippen molar-refractivity contribution in [1.82, 2.24) is 0 Å². The van der Waals surface area contributed by atoms with E-state index in [1.807, 2.05) is 5.79 Å². The predicted molar refractivity (Wildman–Crippen MR) is 23.5 cm³/mol. The van der Waals surface area contributed by atoms with Crippen LogP contribution in [0.1, 0.15) is 0 Å². The van der Waals surface area contributed by atoms with Gasteiger partial charge in [0.25, 0.3) is 0 Å². The summed E-state index contributed by atoms with van der Waals surface area (Å²) >= 11 is -1.22. The van der Waals surface area contributed by atoms with Crippen LogP contribution in [-0.4, -0.2) is 18.2 Å². The van der Waals surface area contributed by atoms with E-state index in [-0.39, 0.29) is 0 Å². The molecule has 0 aliphatic heterocycles. The first-order valence-corrected chi connectivity index (χ1v) is 5.51. The molecule has 0 rings (SSSR count). The molecule has 0 spiro atoms. The van der Waals surface area contributed by atoms with Crippen molar-refractivity contribution < 1.29 is 4.16 Å². The molecule has 0 heterocycles. The minimum absolute atomic E-state index is 1.22. The summed E-state index contributed by atoms with van der Waals surface area (Å²) in [5.74, 6) is 1.82. The number of rotatable bonds is 0. The van der Waals surface area contributed by atoms with Crippen LogP contribution < -0.4 is 0 Å². The van der Waals surface area contributed by atoms with Crippen LogP contribution in [0.25, 0.3) is 0 Å². The third-order valence-electron chi connectivity index (χ3n) is 0. The smallest absolute Gasteiger partial charge is 0.485 e. The van der Waals surface area contributed by atoms with E-state index in [0.717, 1.165) is 0 Å². The lowest BCUT2D eigenvalue weighted by molar-refractivity contribution is 0.603. The second-order valence-corrected chi connectivity index (χ2v) is 5.12. The maximum Gasteiger partial charge on any atom is 0.485 e. The molecule has 0 aromatic rings. The van der Waals surface area contributed by atoms with Gasteiger partial charge in [-0.3, -0.25) is 0 Å². The Kier molecular flexibility index (Phi) is 2.68. The highest BCUT2D eigenvalue weighted by Gasteiger charge is 1.89. The summed E-state index contributed by atoms with van der Waals surface area (Å²) in [6.07, 6.45) is 0. The summed E-state index contributed by atoms with van der Waals surface area (Å²) in [6, 6.07) is 0. The highest BCUT2D eigenvalue weighted by molar-refractivity contribution is 7.59. The molecule has 0 aromatic heterocycles. The van der Waals surface area contributed by atoms with Crippen molar-refractivity contribution in [1.29, 1.82) is 0 Å². The van der Waals surface area contributed by atoms with Gasteiger partial charge in [-0.05, 0) is 0 Å². The summed E-state index contributed by atoms with van der Waals surface area (Å²) in [6.45, 7) is 0. The molecule has 1 nitrogen and oxygen atoms in total. The van der Waals surface area contributed by atoms with E-state index >= 15 is 0 Å². The van der Waals surface area contributed by atoms with Crippen LogP contribution in [0.3, 0.4) is 0 Å². The van der Waals surface area contributed by atoms with Gasteiger partial charge in [-0.1, -0.05) is 5.79 Å². The van der Waals surface area contributed by atoms with E-state index in [1.54, 1.807) is 0 Å². The Bertz CT molecular complexity index is 12.8. The highest BCUT2D eigenvalue weighted by atomic mass is 31.2. The molecule has 0 saturated heterocycles. The zero-order valence-electron chi connectivity index (χ0n) is 2.60. The summed E-state index contributed by atoms with van der Waals surface area (Å²) < 4.78 is 8.16. The van der Waals surface area contributed by atoms with Gasteiger partial charge in [0, 0.05) is 0 Å². The molecular formula is CH6AlOP. The van der Waals surface area contributed by atoms with E-state index in [1.165, 1.54) is 0 Å². The molecule has 0 saturated carbocycles. The normalized spacial score (nSPS) is 6.75. The van der Waals surface area contributed by atoms with Gasteiger partial charge in [-0.25, -0.2) is 0 Å². The molecule has 0 amide bonds. The van der Waals surface area contributed by atoms with Gasteiger partial charge >= 0.3 is 14.0 Å². The Morgan fingerprint density at radius 3 is 2.00 bits per heavy atom. The molecule has 3 heteroatoms. The third-order valence-corrected chi connectivity index (χ3v) is 0. The van der Waals surface area contributed by atoms with Crippen LogP contribution in [0, 0.1) is 0 Å². The molecular weight excluding hydrogens is 86.0 g/mol. The monoisotopic (exact) mass is 92.0 g/mol. The first-order valence-electron chi connectivity index (χ1n) is 1.17. The van der Waals surface area contributed by atoms with Gasteiger partial charge < -0.3 is 4.16 Å². The lowest BCUT2D eigenvalue weighted by atomic mass is 11.9. The molecule has 0 aliphatic rings. The van der Waals surface area contributed by atoms with Gasteiger partial charge in [0.2, 0.25) is 0 Å². The molecule has 0 radical (unpaired) electrons. The number of hydrogen-bond donors (Lipinski definition) is 1. The van der Waals surface area contributed by atoms with Gasteiger partial charge in [0.15, 0.2) is 0 Å². The molecule has 0 aromatic carbocycles. The van der Waals surface area contributed by atoms with Crippen LogP contribution in [0.2, 0.25) is 5.79 Å². The Morgan fingerprint density at radius 1 is 2.00 bits per heavy atom. The molecule has 1 unspecified atom stereocenters. The average molecular weight is 92.0 g/mol. The van der Waals surface area contributed by atoms with E-state index < -0.39 is 14.0 Å². The van der Waals surface area contributed by atoms with Crippen molar-refractivity contribution in [2.45, 2.75) is 5.79 Å². The Balaban J connectivity index is 2.32. The Hall–Kier alpha value is 0.922. The third kappa shape index (κ3) is 12.7. The zero-order valence-corrected chi connectivity index (χ0v) is 4.91. The minimum atomic E-state index is -1.22. The van der Waals surface area contributed by atoms with E-state index in [2.05, 4.69) is 7.89 Å². The quantitative estimate of drug-likeness (QED) is 0.328. The average Bonchev–Trinajstić information content (AvgIpc) is 0.811. The van der Waals surface area contributed by atoms with Gasteiger partial charge in [0.1, 0.15) is 0 Å². The van der Waals surface area contributed by atoms with E-state index in [4.69, 9.17) is 4.16 Å². The van der Waals surface area contributed by atoms with Crippen molar-refractivity contribution >= 4 is 21.9 Å². The van der Waals surface area contributed by atoms with Crippen molar-refractivity contribution in [3.05, 3.63) is 0 Å².